The highest BCUT2D eigenvalue weighted by Gasteiger charge is 2.14. The summed E-state index contributed by atoms with van der Waals surface area (Å²) in [6, 6.07) is 3.93. The number of furan rings is 1. The molecule has 1 aromatic heterocycles. The molecule has 0 aliphatic rings. The first kappa shape index (κ1) is 16.7. The van der Waals surface area contributed by atoms with E-state index in [1.807, 2.05) is 0 Å². The molecule has 1 heterocycles. The summed E-state index contributed by atoms with van der Waals surface area (Å²) in [7, 11) is 5.53. The molecule has 0 radical (unpaired) electrons. The first-order valence-corrected chi connectivity index (χ1v) is 6.98. The minimum absolute atomic E-state index is 0.246. The van der Waals surface area contributed by atoms with E-state index in [0.29, 0.717) is 18.5 Å². The topological polar surface area (TPSA) is 54.7 Å². The van der Waals surface area contributed by atoms with Gasteiger partial charge in [0.2, 0.25) is 5.76 Å². The summed E-state index contributed by atoms with van der Waals surface area (Å²) >= 11 is 0. The van der Waals surface area contributed by atoms with Crippen LogP contribution in [0.3, 0.4) is 0 Å². The van der Waals surface area contributed by atoms with Crippen molar-refractivity contribution in [1.29, 1.82) is 0 Å². The second-order valence-corrected chi connectivity index (χ2v) is 5.64. The molecule has 1 unspecified atom stereocenters. The van der Waals surface area contributed by atoms with Gasteiger partial charge in [-0.3, -0.25) is 0 Å². The lowest BCUT2D eigenvalue weighted by Crippen LogP contribution is -2.38. The molecule has 5 nitrogen and oxygen atoms in total. The molecular weight excluding hydrogens is 256 g/mol. The lowest BCUT2D eigenvalue weighted by atomic mass is 10.0. The zero-order valence-corrected chi connectivity index (χ0v) is 13.1. The fourth-order valence-electron chi connectivity index (χ4n) is 2.07. The molecule has 0 bridgehead atoms. The fraction of sp³-hybridized carbons (Fsp3) is 0.667. The summed E-state index contributed by atoms with van der Waals surface area (Å²) < 4.78 is 10.0. The van der Waals surface area contributed by atoms with E-state index in [0.717, 1.165) is 18.7 Å². The van der Waals surface area contributed by atoms with Gasteiger partial charge >= 0.3 is 5.97 Å². The van der Waals surface area contributed by atoms with Crippen LogP contribution in [0, 0.1) is 5.92 Å². The molecule has 0 amide bonds. The molecule has 1 rings (SSSR count). The van der Waals surface area contributed by atoms with Crippen molar-refractivity contribution in [2.45, 2.75) is 32.9 Å². The summed E-state index contributed by atoms with van der Waals surface area (Å²) in [5, 5.41) is 3.37. The number of esters is 1. The number of methoxy groups -OCH3 is 1. The van der Waals surface area contributed by atoms with Gasteiger partial charge < -0.3 is 19.4 Å². The van der Waals surface area contributed by atoms with Gasteiger partial charge in [-0.05, 0) is 38.6 Å². The number of nitrogens with zero attached hydrogens (tertiary/aromatic N) is 1. The monoisotopic (exact) mass is 282 g/mol. The molecule has 0 saturated heterocycles. The third kappa shape index (κ3) is 5.35. The maximum atomic E-state index is 11.3. The van der Waals surface area contributed by atoms with Gasteiger partial charge in [-0.1, -0.05) is 13.8 Å². The highest BCUT2D eigenvalue weighted by Crippen LogP contribution is 2.10. The van der Waals surface area contributed by atoms with E-state index in [9.17, 15) is 4.79 Å². The Morgan fingerprint density at radius 3 is 2.65 bits per heavy atom. The molecule has 1 atom stereocenters. The van der Waals surface area contributed by atoms with Gasteiger partial charge in [0.15, 0.2) is 0 Å². The smallest absolute Gasteiger partial charge is 0.373 e. The largest absolute Gasteiger partial charge is 0.463 e. The van der Waals surface area contributed by atoms with Gasteiger partial charge in [0.1, 0.15) is 5.76 Å². The average molecular weight is 282 g/mol. The average Bonchev–Trinajstić information content (AvgIpc) is 2.84. The highest BCUT2D eigenvalue weighted by molar-refractivity contribution is 5.86. The summed E-state index contributed by atoms with van der Waals surface area (Å²) in [5.41, 5.74) is 0. The Hall–Kier alpha value is -1.33. The van der Waals surface area contributed by atoms with E-state index in [4.69, 9.17) is 4.42 Å². The van der Waals surface area contributed by atoms with E-state index >= 15 is 0 Å². The molecule has 1 N–H and O–H groups in total. The third-order valence-electron chi connectivity index (χ3n) is 3.20. The molecule has 5 heteroatoms. The molecular formula is C15H26N2O3. The second-order valence-electron chi connectivity index (χ2n) is 5.64. The van der Waals surface area contributed by atoms with E-state index in [1.54, 1.807) is 12.1 Å². The van der Waals surface area contributed by atoms with Gasteiger partial charge in [-0.25, -0.2) is 4.79 Å². The molecule has 0 saturated carbocycles. The van der Waals surface area contributed by atoms with Gasteiger partial charge in [0.05, 0.1) is 13.7 Å². The van der Waals surface area contributed by atoms with Crippen LogP contribution in [0.5, 0.6) is 0 Å². The van der Waals surface area contributed by atoms with Crippen LogP contribution in [0.2, 0.25) is 0 Å². The lowest BCUT2D eigenvalue weighted by molar-refractivity contribution is 0.0563. The molecule has 0 spiro atoms. The predicted octanol–water partition coefficient (Wildman–Crippen LogP) is 2.13. The van der Waals surface area contributed by atoms with E-state index < -0.39 is 5.97 Å². The Bertz CT molecular complexity index is 413. The van der Waals surface area contributed by atoms with Crippen molar-refractivity contribution in [1.82, 2.24) is 10.2 Å². The normalized spacial score (nSPS) is 12.9. The number of likely N-dealkylation sites (N-methyl/N-ethyl adjacent to an activating group) is 1. The van der Waals surface area contributed by atoms with Crippen LogP contribution in [0.15, 0.2) is 16.5 Å². The van der Waals surface area contributed by atoms with Crippen LogP contribution >= 0.6 is 0 Å². The fourth-order valence-corrected chi connectivity index (χ4v) is 2.07. The predicted molar refractivity (Wildman–Crippen MR) is 78.7 cm³/mol. The first-order valence-electron chi connectivity index (χ1n) is 6.98. The van der Waals surface area contributed by atoms with Crippen molar-refractivity contribution in [3.8, 4) is 0 Å². The third-order valence-corrected chi connectivity index (χ3v) is 3.20. The molecule has 0 aromatic carbocycles. The zero-order valence-electron chi connectivity index (χ0n) is 13.1. The molecule has 0 fully saturated rings. The number of hydrogen-bond donors (Lipinski definition) is 1. The molecule has 0 aliphatic heterocycles. The van der Waals surface area contributed by atoms with Gasteiger partial charge in [-0.2, -0.15) is 0 Å². The summed E-state index contributed by atoms with van der Waals surface area (Å²) in [5.74, 6) is 1.21. The Morgan fingerprint density at radius 2 is 2.10 bits per heavy atom. The number of rotatable bonds is 8. The van der Waals surface area contributed by atoms with Crippen molar-refractivity contribution >= 4 is 5.97 Å². The van der Waals surface area contributed by atoms with Gasteiger partial charge in [0, 0.05) is 12.6 Å². The van der Waals surface area contributed by atoms with Crippen molar-refractivity contribution < 1.29 is 13.9 Å². The van der Waals surface area contributed by atoms with Crippen molar-refractivity contribution in [3.05, 3.63) is 23.7 Å². The first-order chi connectivity index (χ1) is 9.43. The van der Waals surface area contributed by atoms with Crippen LogP contribution in [-0.4, -0.2) is 44.7 Å². The van der Waals surface area contributed by atoms with Gasteiger partial charge in [0.25, 0.3) is 0 Å². The Labute approximate surface area is 121 Å². The minimum atomic E-state index is -0.442. The minimum Gasteiger partial charge on any atom is -0.463 e. The maximum Gasteiger partial charge on any atom is 0.373 e. The second kappa shape index (κ2) is 8.07. The Morgan fingerprint density at radius 1 is 1.40 bits per heavy atom. The Balaban J connectivity index is 2.42. The summed E-state index contributed by atoms with van der Waals surface area (Å²) in [4.78, 5) is 13.5. The maximum absolute atomic E-state index is 11.3. The summed E-state index contributed by atoms with van der Waals surface area (Å²) in [6.45, 7) is 5.95. The number of carbonyl (C=O) groups excluding carboxylic acids is 1. The van der Waals surface area contributed by atoms with Crippen molar-refractivity contribution in [2.24, 2.45) is 5.92 Å². The van der Waals surface area contributed by atoms with Crippen LogP contribution < -0.4 is 5.32 Å². The quantitative estimate of drug-likeness (QED) is 0.740. The number of hydrogen-bond acceptors (Lipinski definition) is 5. The summed E-state index contributed by atoms with van der Waals surface area (Å²) in [6.07, 6.45) is 1.14. The van der Waals surface area contributed by atoms with Crippen LogP contribution in [0.1, 0.15) is 36.6 Å². The van der Waals surface area contributed by atoms with E-state index in [1.165, 1.54) is 7.11 Å². The van der Waals surface area contributed by atoms with Crippen LogP contribution in [-0.2, 0) is 11.3 Å². The SMILES string of the molecule is COC(=O)c1ccc(CNCC(CC(C)C)N(C)C)o1. The molecule has 114 valence electrons. The van der Waals surface area contributed by atoms with Crippen molar-refractivity contribution in [2.75, 3.05) is 27.7 Å². The number of nitrogens with one attached hydrogen (secondary N) is 1. The highest BCUT2D eigenvalue weighted by atomic mass is 16.5. The Kier molecular flexibility index (Phi) is 6.75. The van der Waals surface area contributed by atoms with Crippen molar-refractivity contribution in [3.63, 3.8) is 0 Å². The van der Waals surface area contributed by atoms with Crippen LogP contribution in [0.25, 0.3) is 0 Å². The molecule has 20 heavy (non-hydrogen) atoms. The number of ether oxygens (including phenoxy) is 1. The number of carbonyl (C=O) groups is 1. The standard InChI is InChI=1S/C15H26N2O3/c1-11(2)8-12(17(3)4)9-16-10-13-6-7-14(20-13)15(18)19-5/h6-7,11-12,16H,8-10H2,1-5H3. The zero-order chi connectivity index (χ0) is 15.1. The molecule has 1 aromatic rings. The molecule has 0 aliphatic carbocycles. The van der Waals surface area contributed by atoms with E-state index in [-0.39, 0.29) is 5.76 Å². The lowest BCUT2D eigenvalue weighted by Gasteiger charge is -2.26. The van der Waals surface area contributed by atoms with Gasteiger partial charge in [-0.15, -0.1) is 0 Å². The van der Waals surface area contributed by atoms with Crippen LogP contribution in [0.4, 0.5) is 0 Å². The van der Waals surface area contributed by atoms with E-state index in [2.05, 4.69) is 42.9 Å².